The summed E-state index contributed by atoms with van der Waals surface area (Å²) in [4.78, 5) is 16.5. The summed E-state index contributed by atoms with van der Waals surface area (Å²) in [5.74, 6) is 0.798. The smallest absolute Gasteiger partial charge is 0.318 e. The Morgan fingerprint density at radius 1 is 1.15 bits per heavy atom. The van der Waals surface area contributed by atoms with Crippen LogP contribution in [0.2, 0.25) is 0 Å². The maximum absolute atomic E-state index is 12.7. The molecule has 2 aromatic carbocycles. The fourth-order valence-corrected chi connectivity index (χ4v) is 2.87. The number of ether oxygens (including phenoxy) is 1. The molecule has 0 saturated heterocycles. The number of nitrogens with one attached hydrogen (secondary N) is 1. The molecule has 2 amide bonds. The first-order chi connectivity index (χ1) is 12.5. The maximum atomic E-state index is 12.7. The van der Waals surface area contributed by atoms with Crippen molar-refractivity contribution in [3.8, 4) is 5.75 Å². The molecule has 5 heteroatoms. The number of methoxy groups -OCH3 is 1. The molecule has 1 N–H and O–H groups in total. The van der Waals surface area contributed by atoms with Crippen molar-refractivity contribution in [1.82, 2.24) is 10.2 Å². The van der Waals surface area contributed by atoms with Gasteiger partial charge in [0.15, 0.2) is 0 Å². The van der Waals surface area contributed by atoms with Crippen molar-refractivity contribution >= 4 is 11.7 Å². The summed E-state index contributed by atoms with van der Waals surface area (Å²) in [7, 11) is 5.67. The molecule has 0 aromatic heterocycles. The Kier molecular flexibility index (Phi) is 6.89. The predicted octanol–water partition coefficient (Wildman–Crippen LogP) is 4.05. The second kappa shape index (κ2) is 9.13. The lowest BCUT2D eigenvalue weighted by Crippen LogP contribution is -2.41. The Morgan fingerprint density at radius 3 is 2.42 bits per heavy atom. The third-order valence-corrected chi connectivity index (χ3v) is 4.54. The van der Waals surface area contributed by atoms with Crippen molar-refractivity contribution in [3.05, 3.63) is 59.7 Å². The lowest BCUT2D eigenvalue weighted by Gasteiger charge is -2.29. The van der Waals surface area contributed by atoms with Crippen LogP contribution >= 0.6 is 0 Å². The van der Waals surface area contributed by atoms with Crippen LogP contribution < -0.4 is 15.0 Å². The van der Waals surface area contributed by atoms with Gasteiger partial charge in [-0.2, -0.15) is 0 Å². The zero-order chi connectivity index (χ0) is 19.1. The van der Waals surface area contributed by atoms with Gasteiger partial charge in [0.05, 0.1) is 13.2 Å². The average Bonchev–Trinajstić information content (AvgIpc) is 2.67. The third kappa shape index (κ3) is 4.91. The van der Waals surface area contributed by atoms with Gasteiger partial charge in [-0.05, 0) is 49.2 Å². The second-order valence-corrected chi connectivity index (χ2v) is 6.46. The van der Waals surface area contributed by atoms with Crippen molar-refractivity contribution in [3.63, 3.8) is 0 Å². The molecule has 0 aliphatic rings. The van der Waals surface area contributed by atoms with E-state index >= 15 is 0 Å². The van der Waals surface area contributed by atoms with Gasteiger partial charge in [-0.15, -0.1) is 0 Å². The van der Waals surface area contributed by atoms with Gasteiger partial charge in [0.1, 0.15) is 5.75 Å². The zero-order valence-corrected chi connectivity index (χ0v) is 16.3. The van der Waals surface area contributed by atoms with Gasteiger partial charge in [-0.3, -0.25) is 0 Å². The van der Waals surface area contributed by atoms with Crippen LogP contribution in [-0.2, 0) is 6.54 Å². The second-order valence-electron chi connectivity index (χ2n) is 6.46. The van der Waals surface area contributed by atoms with Crippen molar-refractivity contribution in [2.75, 3.05) is 32.6 Å². The van der Waals surface area contributed by atoms with Crippen LogP contribution in [0.4, 0.5) is 10.5 Å². The van der Waals surface area contributed by atoms with Crippen molar-refractivity contribution in [2.45, 2.75) is 26.4 Å². The average molecular weight is 355 g/mol. The summed E-state index contributed by atoms with van der Waals surface area (Å²) in [6, 6.07) is 15.9. The number of carbonyl (C=O) groups excluding carboxylic acids is 1. The molecule has 0 bridgehead atoms. The van der Waals surface area contributed by atoms with Gasteiger partial charge in [-0.25, -0.2) is 4.79 Å². The zero-order valence-electron chi connectivity index (χ0n) is 16.3. The fourth-order valence-electron chi connectivity index (χ4n) is 2.87. The SMILES string of the molecule is CCN(C(=O)NCc1ccc(N(C)C)cc1)[C@@H](C)c1cccc(OC)c1. The predicted molar refractivity (Wildman–Crippen MR) is 107 cm³/mol. The Bertz CT molecular complexity index is 713. The quantitative estimate of drug-likeness (QED) is 0.815. The molecule has 0 saturated carbocycles. The number of rotatable bonds is 7. The first-order valence-corrected chi connectivity index (χ1v) is 8.91. The molecular weight excluding hydrogens is 326 g/mol. The van der Waals surface area contributed by atoms with Crippen LogP contribution in [0.5, 0.6) is 5.75 Å². The van der Waals surface area contributed by atoms with E-state index in [1.165, 1.54) is 0 Å². The molecule has 5 nitrogen and oxygen atoms in total. The summed E-state index contributed by atoms with van der Waals surface area (Å²) in [5.41, 5.74) is 3.27. The number of hydrogen-bond acceptors (Lipinski definition) is 3. The minimum Gasteiger partial charge on any atom is -0.497 e. The number of carbonyl (C=O) groups is 1. The van der Waals surface area contributed by atoms with Crippen LogP contribution in [0.25, 0.3) is 0 Å². The highest BCUT2D eigenvalue weighted by Gasteiger charge is 2.20. The number of hydrogen-bond donors (Lipinski definition) is 1. The highest BCUT2D eigenvalue weighted by molar-refractivity contribution is 5.74. The summed E-state index contributed by atoms with van der Waals surface area (Å²) >= 11 is 0. The van der Waals surface area contributed by atoms with Crippen LogP contribution in [0, 0.1) is 0 Å². The molecule has 140 valence electrons. The Morgan fingerprint density at radius 2 is 1.85 bits per heavy atom. The first-order valence-electron chi connectivity index (χ1n) is 8.91. The van der Waals surface area contributed by atoms with E-state index in [4.69, 9.17) is 4.74 Å². The summed E-state index contributed by atoms with van der Waals surface area (Å²) in [6.45, 7) is 5.16. The van der Waals surface area contributed by atoms with E-state index in [1.807, 2.05) is 69.2 Å². The molecule has 0 fully saturated rings. The largest absolute Gasteiger partial charge is 0.497 e. The molecule has 2 rings (SSSR count). The van der Waals surface area contributed by atoms with Crippen molar-refractivity contribution in [1.29, 1.82) is 0 Å². The Balaban J connectivity index is 2.01. The van der Waals surface area contributed by atoms with E-state index in [-0.39, 0.29) is 12.1 Å². The fraction of sp³-hybridized carbons (Fsp3) is 0.381. The lowest BCUT2D eigenvalue weighted by molar-refractivity contribution is 0.182. The molecule has 0 spiro atoms. The molecule has 0 aliphatic heterocycles. The number of nitrogens with zero attached hydrogens (tertiary/aromatic N) is 2. The minimum absolute atomic E-state index is 0.0359. The normalized spacial score (nSPS) is 11.6. The monoisotopic (exact) mass is 355 g/mol. The van der Waals surface area contributed by atoms with E-state index in [2.05, 4.69) is 22.3 Å². The minimum atomic E-state index is -0.0699. The van der Waals surface area contributed by atoms with E-state index in [9.17, 15) is 4.79 Å². The van der Waals surface area contributed by atoms with Crippen molar-refractivity contribution in [2.24, 2.45) is 0 Å². The number of amides is 2. The van der Waals surface area contributed by atoms with E-state index < -0.39 is 0 Å². The van der Waals surface area contributed by atoms with Crippen LogP contribution in [0.15, 0.2) is 48.5 Å². The summed E-state index contributed by atoms with van der Waals surface area (Å²) in [6.07, 6.45) is 0. The molecule has 0 aliphatic carbocycles. The van der Waals surface area contributed by atoms with E-state index in [1.54, 1.807) is 7.11 Å². The molecule has 2 aromatic rings. The van der Waals surface area contributed by atoms with Gasteiger partial charge >= 0.3 is 6.03 Å². The topological polar surface area (TPSA) is 44.8 Å². The van der Waals surface area contributed by atoms with Gasteiger partial charge in [0, 0.05) is 32.9 Å². The van der Waals surface area contributed by atoms with E-state index in [0.29, 0.717) is 13.1 Å². The Hall–Kier alpha value is -2.69. The third-order valence-electron chi connectivity index (χ3n) is 4.54. The van der Waals surface area contributed by atoms with Crippen molar-refractivity contribution < 1.29 is 9.53 Å². The number of benzene rings is 2. The first kappa shape index (κ1) is 19.6. The van der Waals surface area contributed by atoms with Gasteiger partial charge in [0.2, 0.25) is 0 Å². The molecule has 1 atom stereocenters. The summed E-state index contributed by atoms with van der Waals surface area (Å²) in [5, 5.41) is 3.02. The highest BCUT2D eigenvalue weighted by Crippen LogP contribution is 2.24. The van der Waals surface area contributed by atoms with Gasteiger partial charge in [0.25, 0.3) is 0 Å². The number of anilines is 1. The lowest BCUT2D eigenvalue weighted by atomic mass is 10.1. The van der Waals surface area contributed by atoms with Crippen LogP contribution in [-0.4, -0.2) is 38.7 Å². The number of urea groups is 1. The van der Waals surface area contributed by atoms with Crippen LogP contribution in [0.3, 0.4) is 0 Å². The van der Waals surface area contributed by atoms with Gasteiger partial charge in [-0.1, -0.05) is 24.3 Å². The molecule has 26 heavy (non-hydrogen) atoms. The molecular formula is C21H29N3O2. The standard InChI is InChI=1S/C21H29N3O2/c1-6-24(16(2)18-8-7-9-20(14-18)26-5)21(25)22-15-17-10-12-19(13-11-17)23(3)4/h7-14,16H,6,15H2,1-5H3,(H,22,25)/t16-/m0/s1. The maximum Gasteiger partial charge on any atom is 0.318 e. The molecule has 0 heterocycles. The molecule has 0 radical (unpaired) electrons. The van der Waals surface area contributed by atoms with Gasteiger partial charge < -0.3 is 19.9 Å². The highest BCUT2D eigenvalue weighted by atomic mass is 16.5. The molecule has 0 unspecified atom stereocenters. The Labute approximate surface area is 156 Å². The van der Waals surface area contributed by atoms with Crippen LogP contribution in [0.1, 0.15) is 31.0 Å². The summed E-state index contributed by atoms with van der Waals surface area (Å²) < 4.78 is 5.29. The van der Waals surface area contributed by atoms with E-state index in [0.717, 1.165) is 22.6 Å².